The highest BCUT2D eigenvalue weighted by Crippen LogP contribution is 2.39. The molecule has 2 aromatic carbocycles. The van der Waals surface area contributed by atoms with Gasteiger partial charge in [-0.3, -0.25) is 9.30 Å². The standard InChI is InChI=1S/C33H42N6O4/c1-22-36-37-31-12-9-26(21-39(22)31)43-30-11-10-29(27-7-5-6-8-28(27)30)35-32(42)34-25-18-23(17-24(19-25)33(2,3)4)20-38(13-15-40)14-16-41/h5-9,12,17-19,21,29-30,40-41H,10-11,13-16,20H2,1-4H3,(H2,34,35,42)/t29-,30+/m0/s1. The first-order valence-corrected chi connectivity index (χ1v) is 14.9. The topological polar surface area (TPSA) is 124 Å². The third-order valence-electron chi connectivity index (χ3n) is 7.92. The highest BCUT2D eigenvalue weighted by molar-refractivity contribution is 5.89. The van der Waals surface area contributed by atoms with Crippen LogP contribution in [0.25, 0.3) is 5.65 Å². The molecule has 0 spiro atoms. The van der Waals surface area contributed by atoms with Gasteiger partial charge in [-0.1, -0.05) is 51.1 Å². The second kappa shape index (κ2) is 13.1. The number of aliphatic hydroxyl groups is 2. The lowest BCUT2D eigenvalue weighted by Crippen LogP contribution is -2.35. The smallest absolute Gasteiger partial charge is 0.319 e. The highest BCUT2D eigenvalue weighted by atomic mass is 16.5. The van der Waals surface area contributed by atoms with Crippen molar-refractivity contribution in [3.05, 3.63) is 88.9 Å². The molecule has 5 rings (SSSR count). The second-order valence-corrected chi connectivity index (χ2v) is 12.2. The fourth-order valence-electron chi connectivity index (χ4n) is 5.67. The number of anilines is 1. The van der Waals surface area contributed by atoms with Crippen LogP contribution in [0.1, 0.15) is 73.8 Å². The maximum absolute atomic E-state index is 13.3. The number of aliphatic hydroxyl groups excluding tert-OH is 2. The van der Waals surface area contributed by atoms with Crippen LogP contribution in [0, 0.1) is 6.92 Å². The zero-order valence-electron chi connectivity index (χ0n) is 25.4. The number of carbonyl (C=O) groups excluding carboxylic acids is 1. The minimum atomic E-state index is -0.271. The molecular formula is C33H42N6O4. The van der Waals surface area contributed by atoms with E-state index in [9.17, 15) is 15.0 Å². The summed E-state index contributed by atoms with van der Waals surface area (Å²) < 4.78 is 8.36. The van der Waals surface area contributed by atoms with Crippen LogP contribution >= 0.6 is 0 Å². The number of hydrogen-bond acceptors (Lipinski definition) is 7. The molecule has 0 radical (unpaired) electrons. The van der Waals surface area contributed by atoms with Crippen molar-refractivity contribution in [2.24, 2.45) is 0 Å². The summed E-state index contributed by atoms with van der Waals surface area (Å²) >= 11 is 0. The first-order valence-electron chi connectivity index (χ1n) is 14.9. The minimum Gasteiger partial charge on any atom is -0.484 e. The number of nitrogens with zero attached hydrogens (tertiary/aromatic N) is 4. The molecule has 0 bridgehead atoms. The molecule has 0 fully saturated rings. The van der Waals surface area contributed by atoms with Crippen LogP contribution in [-0.2, 0) is 12.0 Å². The van der Waals surface area contributed by atoms with E-state index >= 15 is 0 Å². The normalized spacial score (nSPS) is 16.7. The van der Waals surface area contributed by atoms with E-state index in [4.69, 9.17) is 4.74 Å². The van der Waals surface area contributed by atoms with E-state index in [1.54, 1.807) is 0 Å². The summed E-state index contributed by atoms with van der Waals surface area (Å²) in [5.74, 6) is 1.54. The number of ether oxygens (including phenoxy) is 1. The zero-order valence-corrected chi connectivity index (χ0v) is 25.4. The largest absolute Gasteiger partial charge is 0.484 e. The molecule has 4 aromatic rings. The van der Waals surface area contributed by atoms with Crippen molar-refractivity contribution in [1.82, 2.24) is 24.8 Å². The predicted octanol–water partition coefficient (Wildman–Crippen LogP) is 4.90. The average molecular weight is 587 g/mol. The number of pyridine rings is 1. The van der Waals surface area contributed by atoms with Gasteiger partial charge in [-0.25, -0.2) is 4.79 Å². The van der Waals surface area contributed by atoms with Crippen LogP contribution < -0.4 is 15.4 Å². The van der Waals surface area contributed by atoms with Crippen LogP contribution in [0.15, 0.2) is 60.8 Å². The van der Waals surface area contributed by atoms with Crippen molar-refractivity contribution < 1.29 is 19.7 Å². The molecule has 2 aromatic heterocycles. The number of hydrogen-bond donors (Lipinski definition) is 4. The van der Waals surface area contributed by atoms with E-state index in [0.29, 0.717) is 25.3 Å². The molecular weight excluding hydrogens is 544 g/mol. The van der Waals surface area contributed by atoms with Crippen molar-refractivity contribution in [1.29, 1.82) is 0 Å². The number of benzene rings is 2. The summed E-state index contributed by atoms with van der Waals surface area (Å²) in [6.07, 6.45) is 3.25. The van der Waals surface area contributed by atoms with Crippen molar-refractivity contribution in [2.75, 3.05) is 31.6 Å². The maximum Gasteiger partial charge on any atom is 0.319 e. The van der Waals surface area contributed by atoms with Crippen LogP contribution in [-0.4, -0.2) is 62.0 Å². The number of fused-ring (bicyclic) bond motifs is 2. The van der Waals surface area contributed by atoms with Crippen molar-refractivity contribution >= 4 is 17.4 Å². The number of aryl methyl sites for hydroxylation is 1. The summed E-state index contributed by atoms with van der Waals surface area (Å²) in [5, 5.41) is 33.4. The van der Waals surface area contributed by atoms with E-state index < -0.39 is 0 Å². The van der Waals surface area contributed by atoms with Gasteiger partial charge in [0.15, 0.2) is 5.65 Å². The third-order valence-corrected chi connectivity index (χ3v) is 7.92. The maximum atomic E-state index is 13.3. The van der Waals surface area contributed by atoms with Gasteiger partial charge in [-0.05, 0) is 71.7 Å². The molecule has 0 saturated carbocycles. The Bertz CT molecular complexity index is 1560. The van der Waals surface area contributed by atoms with Crippen molar-refractivity contribution in [2.45, 2.75) is 64.6 Å². The Morgan fingerprint density at radius 3 is 2.49 bits per heavy atom. The predicted molar refractivity (Wildman–Crippen MR) is 166 cm³/mol. The molecule has 2 amide bonds. The Balaban J connectivity index is 1.31. The second-order valence-electron chi connectivity index (χ2n) is 12.2. The van der Waals surface area contributed by atoms with E-state index in [-0.39, 0.29) is 36.8 Å². The van der Waals surface area contributed by atoms with Gasteiger partial charge in [0.25, 0.3) is 0 Å². The Morgan fingerprint density at radius 1 is 1.02 bits per heavy atom. The van der Waals surface area contributed by atoms with Crippen LogP contribution in [0.4, 0.5) is 10.5 Å². The summed E-state index contributed by atoms with van der Waals surface area (Å²) in [4.78, 5) is 15.3. The van der Waals surface area contributed by atoms with Crippen LogP contribution in [0.5, 0.6) is 5.75 Å². The number of urea groups is 1. The van der Waals surface area contributed by atoms with E-state index in [1.165, 1.54) is 0 Å². The van der Waals surface area contributed by atoms with Gasteiger partial charge in [0, 0.05) is 25.3 Å². The lowest BCUT2D eigenvalue weighted by atomic mass is 9.85. The monoisotopic (exact) mass is 586 g/mol. The number of amides is 2. The molecule has 10 heteroatoms. The fourth-order valence-corrected chi connectivity index (χ4v) is 5.67. The molecule has 10 nitrogen and oxygen atoms in total. The van der Waals surface area contributed by atoms with E-state index in [2.05, 4.69) is 59.8 Å². The Hall–Kier alpha value is -3.99. The molecule has 43 heavy (non-hydrogen) atoms. The molecule has 1 aliphatic carbocycles. The third kappa shape index (κ3) is 7.33. The summed E-state index contributed by atoms with van der Waals surface area (Å²) in [5.41, 5.74) is 5.56. The van der Waals surface area contributed by atoms with Crippen LogP contribution in [0.2, 0.25) is 0 Å². The minimum absolute atomic E-state index is 0.0121. The number of carbonyl (C=O) groups is 1. The zero-order chi connectivity index (χ0) is 30.6. The summed E-state index contributed by atoms with van der Waals surface area (Å²) in [6, 6.07) is 17.6. The highest BCUT2D eigenvalue weighted by Gasteiger charge is 2.29. The van der Waals surface area contributed by atoms with Gasteiger partial charge in [0.1, 0.15) is 17.7 Å². The van der Waals surface area contributed by atoms with Crippen LogP contribution in [0.3, 0.4) is 0 Å². The Morgan fingerprint density at radius 2 is 1.77 bits per heavy atom. The lowest BCUT2D eigenvalue weighted by molar-refractivity contribution is 0.156. The quantitative estimate of drug-likeness (QED) is 0.208. The molecule has 0 saturated heterocycles. The first kappa shape index (κ1) is 30.5. The van der Waals surface area contributed by atoms with Crippen molar-refractivity contribution in [3.63, 3.8) is 0 Å². The van der Waals surface area contributed by atoms with E-state index in [1.807, 2.05) is 58.8 Å². The summed E-state index contributed by atoms with van der Waals surface area (Å²) in [6.45, 7) is 9.83. The molecule has 228 valence electrons. The number of aromatic nitrogens is 3. The first-order chi connectivity index (χ1) is 20.6. The van der Waals surface area contributed by atoms with Gasteiger partial charge in [0.05, 0.1) is 25.5 Å². The lowest BCUT2D eigenvalue weighted by Gasteiger charge is -2.32. The SMILES string of the molecule is Cc1nnc2ccc(O[C@@H]3CC[C@H](NC(=O)Nc4cc(CN(CCO)CCO)cc(C(C)(C)C)c4)c4ccccc43)cn12. The molecule has 0 unspecified atom stereocenters. The molecule has 4 N–H and O–H groups in total. The Labute approximate surface area is 252 Å². The summed E-state index contributed by atoms with van der Waals surface area (Å²) in [7, 11) is 0. The number of nitrogens with one attached hydrogen (secondary N) is 2. The molecule has 2 heterocycles. The fraction of sp³-hybridized carbons (Fsp3) is 0.424. The van der Waals surface area contributed by atoms with Gasteiger partial charge in [-0.15, -0.1) is 10.2 Å². The Kier molecular flexibility index (Phi) is 9.29. The van der Waals surface area contributed by atoms with Gasteiger partial charge in [-0.2, -0.15) is 0 Å². The van der Waals surface area contributed by atoms with Gasteiger partial charge >= 0.3 is 6.03 Å². The molecule has 0 aliphatic heterocycles. The van der Waals surface area contributed by atoms with Gasteiger partial charge < -0.3 is 25.6 Å². The molecule has 1 aliphatic rings. The van der Waals surface area contributed by atoms with E-state index in [0.717, 1.165) is 52.3 Å². The molecule has 2 atom stereocenters. The van der Waals surface area contributed by atoms with Gasteiger partial charge in [0.2, 0.25) is 0 Å². The number of rotatable bonds is 10. The van der Waals surface area contributed by atoms with Crippen molar-refractivity contribution in [3.8, 4) is 5.75 Å². The average Bonchev–Trinajstić information content (AvgIpc) is 3.34.